The predicted octanol–water partition coefficient (Wildman–Crippen LogP) is 3.72. The molecule has 5 nitrogen and oxygen atoms in total. The largest absolute Gasteiger partial charge is 0.457 e. The molecule has 0 bridgehead atoms. The van der Waals surface area contributed by atoms with Gasteiger partial charge in [0.1, 0.15) is 17.0 Å². The molecule has 0 unspecified atom stereocenters. The van der Waals surface area contributed by atoms with E-state index in [1.807, 2.05) is 20.8 Å². The summed E-state index contributed by atoms with van der Waals surface area (Å²) in [5, 5.41) is 0. The van der Waals surface area contributed by atoms with E-state index < -0.39 is 16.6 Å². The third kappa shape index (κ3) is 8.04. The molecule has 0 aromatic carbocycles. The van der Waals surface area contributed by atoms with Crippen molar-refractivity contribution in [3.63, 3.8) is 0 Å². The number of carbonyl (C=O) groups is 3. The number of rotatable bonds is 9. The average Bonchev–Trinajstić information content (AvgIpc) is 2.40. The Morgan fingerprint density at radius 1 is 0.833 bits per heavy atom. The number of hydrogen-bond donors (Lipinski definition) is 0. The Hall–Kier alpha value is -1.23. The minimum atomic E-state index is -1.03. The van der Waals surface area contributed by atoms with Crippen LogP contribution in [0.15, 0.2) is 0 Å². The third-order valence-electron chi connectivity index (χ3n) is 3.72. The first-order valence-electron chi connectivity index (χ1n) is 8.52. The molecule has 5 heteroatoms. The summed E-state index contributed by atoms with van der Waals surface area (Å²) in [4.78, 5) is 36.0. The maximum atomic E-state index is 12.4. The highest BCUT2D eigenvalue weighted by molar-refractivity contribution is 5.92. The van der Waals surface area contributed by atoms with Crippen molar-refractivity contribution >= 4 is 17.5 Å². The van der Waals surface area contributed by atoms with Gasteiger partial charge in [0.25, 0.3) is 0 Å². The number of ether oxygens (including phenoxy) is 2. The maximum absolute atomic E-state index is 12.4. The van der Waals surface area contributed by atoms with Gasteiger partial charge in [0, 0.05) is 18.3 Å². The summed E-state index contributed by atoms with van der Waals surface area (Å²) >= 11 is 0. The number of Topliss-reactive ketones (excluding diaryl/α,β-unsaturated/α-hetero) is 2. The molecule has 0 aromatic heterocycles. The normalized spacial score (nSPS) is 13.1. The summed E-state index contributed by atoms with van der Waals surface area (Å²) < 4.78 is 11.1. The second kappa shape index (κ2) is 8.24. The second-order valence-corrected chi connectivity index (χ2v) is 8.73. The van der Waals surface area contributed by atoms with Crippen molar-refractivity contribution in [1.82, 2.24) is 0 Å². The summed E-state index contributed by atoms with van der Waals surface area (Å²) in [5.74, 6) is -0.602. The van der Waals surface area contributed by atoms with E-state index in [0.717, 1.165) is 0 Å². The molecular formula is C19H34O5. The lowest BCUT2D eigenvalue weighted by Gasteiger charge is -2.31. The molecule has 0 fully saturated rings. The van der Waals surface area contributed by atoms with E-state index in [1.165, 1.54) is 0 Å². The Morgan fingerprint density at radius 3 is 1.71 bits per heavy atom. The minimum absolute atomic E-state index is 0.0536. The summed E-state index contributed by atoms with van der Waals surface area (Å²) in [6.45, 7) is 16.0. The molecule has 0 saturated heterocycles. The van der Waals surface area contributed by atoms with E-state index in [0.29, 0.717) is 0 Å². The molecule has 0 heterocycles. The van der Waals surface area contributed by atoms with Gasteiger partial charge in [-0.3, -0.25) is 14.4 Å². The van der Waals surface area contributed by atoms with Crippen molar-refractivity contribution in [2.45, 2.75) is 86.4 Å². The van der Waals surface area contributed by atoms with Crippen molar-refractivity contribution in [3.8, 4) is 0 Å². The van der Waals surface area contributed by atoms with Crippen LogP contribution in [-0.4, -0.2) is 35.3 Å². The van der Waals surface area contributed by atoms with Crippen LogP contribution < -0.4 is 0 Å². The van der Waals surface area contributed by atoms with Crippen molar-refractivity contribution in [2.75, 3.05) is 6.61 Å². The van der Waals surface area contributed by atoms with Crippen LogP contribution in [0.4, 0.5) is 0 Å². The molecule has 140 valence electrons. The number of ketones is 2. The van der Waals surface area contributed by atoms with Gasteiger partial charge in [-0.2, -0.15) is 0 Å². The van der Waals surface area contributed by atoms with Gasteiger partial charge >= 0.3 is 5.97 Å². The molecule has 0 N–H and O–H groups in total. The third-order valence-corrected chi connectivity index (χ3v) is 3.72. The van der Waals surface area contributed by atoms with Crippen molar-refractivity contribution in [2.24, 2.45) is 11.3 Å². The molecule has 0 aromatic rings. The molecule has 0 aliphatic rings. The van der Waals surface area contributed by atoms with E-state index in [1.54, 1.807) is 41.5 Å². The van der Waals surface area contributed by atoms with Gasteiger partial charge in [-0.05, 0) is 27.7 Å². The van der Waals surface area contributed by atoms with Gasteiger partial charge in [-0.15, -0.1) is 0 Å². The Labute approximate surface area is 146 Å². The Bertz CT molecular complexity index is 467. The molecule has 0 aliphatic heterocycles. The monoisotopic (exact) mass is 342 g/mol. The predicted molar refractivity (Wildman–Crippen MR) is 93.7 cm³/mol. The van der Waals surface area contributed by atoms with Crippen LogP contribution in [0.5, 0.6) is 0 Å². The van der Waals surface area contributed by atoms with Crippen LogP contribution in [0.3, 0.4) is 0 Å². The molecule has 0 spiro atoms. The summed E-state index contributed by atoms with van der Waals surface area (Å²) in [7, 11) is 0. The lowest BCUT2D eigenvalue weighted by Crippen LogP contribution is -2.42. The molecule has 0 saturated carbocycles. The smallest absolute Gasteiger partial charge is 0.308 e. The van der Waals surface area contributed by atoms with Crippen molar-refractivity contribution in [1.29, 1.82) is 0 Å². The van der Waals surface area contributed by atoms with Gasteiger partial charge in [0.15, 0.2) is 5.78 Å². The van der Waals surface area contributed by atoms with Crippen LogP contribution in [0.1, 0.15) is 75.2 Å². The van der Waals surface area contributed by atoms with Crippen molar-refractivity contribution in [3.05, 3.63) is 0 Å². The Balaban J connectivity index is 4.59. The fourth-order valence-corrected chi connectivity index (χ4v) is 1.76. The summed E-state index contributed by atoms with van der Waals surface area (Å²) in [6.07, 6.45) is 0.357. The van der Waals surface area contributed by atoms with E-state index in [9.17, 15) is 14.4 Å². The number of hydrogen-bond acceptors (Lipinski definition) is 5. The van der Waals surface area contributed by atoms with E-state index >= 15 is 0 Å². The molecular weight excluding hydrogens is 308 g/mol. The topological polar surface area (TPSA) is 69.7 Å². The van der Waals surface area contributed by atoms with E-state index in [-0.39, 0.29) is 42.9 Å². The quantitative estimate of drug-likeness (QED) is 0.597. The van der Waals surface area contributed by atoms with Crippen LogP contribution >= 0.6 is 0 Å². The van der Waals surface area contributed by atoms with Crippen LogP contribution in [-0.2, 0) is 23.9 Å². The van der Waals surface area contributed by atoms with Crippen LogP contribution in [0.2, 0.25) is 0 Å². The minimum Gasteiger partial charge on any atom is -0.457 e. The molecule has 0 aliphatic carbocycles. The summed E-state index contributed by atoms with van der Waals surface area (Å²) in [5.41, 5.74) is -2.29. The SMILES string of the molecule is CC(C)C(=O)OC(C)(C)COC(C)(C)C(=O)CCC(=O)C(C)(C)C. The van der Waals surface area contributed by atoms with E-state index in [4.69, 9.17) is 9.47 Å². The second-order valence-electron chi connectivity index (χ2n) is 8.73. The summed E-state index contributed by atoms with van der Waals surface area (Å²) in [6, 6.07) is 0. The highest BCUT2D eigenvalue weighted by atomic mass is 16.6. The first-order valence-corrected chi connectivity index (χ1v) is 8.52. The zero-order valence-electron chi connectivity index (χ0n) is 16.7. The number of carbonyl (C=O) groups excluding carboxylic acids is 3. The molecule has 0 amide bonds. The highest BCUT2D eigenvalue weighted by Gasteiger charge is 2.34. The maximum Gasteiger partial charge on any atom is 0.308 e. The first-order chi connectivity index (χ1) is 10.6. The lowest BCUT2D eigenvalue weighted by molar-refractivity contribution is -0.174. The highest BCUT2D eigenvalue weighted by Crippen LogP contribution is 2.22. The lowest BCUT2D eigenvalue weighted by atomic mass is 9.86. The van der Waals surface area contributed by atoms with Crippen LogP contribution in [0.25, 0.3) is 0 Å². The average molecular weight is 342 g/mol. The van der Waals surface area contributed by atoms with Crippen LogP contribution in [0, 0.1) is 11.3 Å². The first kappa shape index (κ1) is 22.8. The Kier molecular flexibility index (Phi) is 7.81. The Morgan fingerprint density at radius 2 is 1.29 bits per heavy atom. The zero-order chi connectivity index (χ0) is 19.3. The van der Waals surface area contributed by atoms with Crippen molar-refractivity contribution < 1.29 is 23.9 Å². The fraction of sp³-hybridized carbons (Fsp3) is 0.842. The fourth-order valence-electron chi connectivity index (χ4n) is 1.76. The zero-order valence-corrected chi connectivity index (χ0v) is 16.7. The van der Waals surface area contributed by atoms with E-state index in [2.05, 4.69) is 0 Å². The molecule has 0 rings (SSSR count). The van der Waals surface area contributed by atoms with Gasteiger partial charge in [-0.1, -0.05) is 34.6 Å². The molecule has 0 atom stereocenters. The molecule has 0 radical (unpaired) electrons. The van der Waals surface area contributed by atoms with Gasteiger partial charge in [0.05, 0.1) is 12.5 Å². The van der Waals surface area contributed by atoms with Gasteiger partial charge in [-0.25, -0.2) is 0 Å². The molecule has 24 heavy (non-hydrogen) atoms. The van der Waals surface area contributed by atoms with Gasteiger partial charge < -0.3 is 9.47 Å². The standard InChI is InChI=1S/C19H34O5/c1-13(2)16(22)24-18(6,7)12-23-19(8,9)15(21)11-10-14(20)17(3,4)5/h13H,10-12H2,1-9H3. The van der Waals surface area contributed by atoms with Gasteiger partial charge in [0.2, 0.25) is 0 Å². The number of esters is 1.